The highest BCUT2D eigenvalue weighted by Crippen LogP contribution is 2.43. The molecule has 2 N–H and O–H groups in total. The molecule has 0 spiro atoms. The zero-order valence-corrected chi connectivity index (χ0v) is 11.1. The molecule has 2 unspecified atom stereocenters. The lowest BCUT2D eigenvalue weighted by Gasteiger charge is -2.38. The molecule has 0 aliphatic carbocycles. The highest BCUT2D eigenvalue weighted by molar-refractivity contribution is 5.41. The molecule has 18 heavy (non-hydrogen) atoms. The molecule has 3 rings (SSSR count). The Hall–Kier alpha value is -1.06. The average Bonchev–Trinajstić information content (AvgIpc) is 2.68. The summed E-state index contributed by atoms with van der Waals surface area (Å²) in [7, 11) is 1.68. The third-order valence-electron chi connectivity index (χ3n) is 4.36. The van der Waals surface area contributed by atoms with Gasteiger partial charge in [-0.15, -0.1) is 0 Å². The van der Waals surface area contributed by atoms with Crippen LogP contribution in [0.1, 0.15) is 36.8 Å². The minimum atomic E-state index is -0.726. The van der Waals surface area contributed by atoms with Crippen LogP contribution in [0.3, 0.4) is 0 Å². The molecule has 2 atom stereocenters. The van der Waals surface area contributed by atoms with E-state index >= 15 is 0 Å². The second kappa shape index (κ2) is 4.25. The van der Waals surface area contributed by atoms with Crippen LogP contribution in [0.25, 0.3) is 0 Å². The zero-order chi connectivity index (χ0) is 12.8. The molecule has 2 aliphatic heterocycles. The molecule has 0 aromatic heterocycles. The van der Waals surface area contributed by atoms with Crippen molar-refractivity contribution < 1.29 is 9.84 Å². The Bertz CT molecular complexity index is 446. The number of methoxy groups -OCH3 is 1. The zero-order valence-electron chi connectivity index (χ0n) is 11.1. The van der Waals surface area contributed by atoms with Crippen LogP contribution in [0.15, 0.2) is 18.2 Å². The van der Waals surface area contributed by atoms with Gasteiger partial charge in [-0.25, -0.2) is 0 Å². The fraction of sp³-hybridized carbons (Fsp3) is 0.600. The number of nitrogens with one attached hydrogen (secondary N) is 1. The van der Waals surface area contributed by atoms with E-state index in [-0.39, 0.29) is 0 Å². The van der Waals surface area contributed by atoms with Crippen molar-refractivity contribution in [3.05, 3.63) is 29.3 Å². The lowest BCUT2D eigenvalue weighted by molar-refractivity contribution is -0.0132. The molecule has 0 saturated carbocycles. The average molecular weight is 247 g/mol. The Morgan fingerprint density at radius 3 is 2.56 bits per heavy atom. The molecule has 3 heteroatoms. The first-order valence-corrected chi connectivity index (χ1v) is 6.74. The molecular weight excluding hydrogens is 226 g/mol. The third kappa shape index (κ3) is 1.91. The summed E-state index contributed by atoms with van der Waals surface area (Å²) < 4.78 is 5.46. The van der Waals surface area contributed by atoms with Gasteiger partial charge in [0.15, 0.2) is 0 Å². The fourth-order valence-corrected chi connectivity index (χ4v) is 3.53. The number of benzene rings is 1. The maximum absolute atomic E-state index is 11.0. The predicted molar refractivity (Wildman–Crippen MR) is 70.8 cm³/mol. The Labute approximate surface area is 108 Å². The largest absolute Gasteiger partial charge is 0.496 e. The maximum Gasteiger partial charge on any atom is 0.125 e. The second-order valence-corrected chi connectivity index (χ2v) is 5.78. The molecule has 3 nitrogen and oxygen atoms in total. The highest BCUT2D eigenvalue weighted by atomic mass is 16.5. The summed E-state index contributed by atoms with van der Waals surface area (Å²) in [4.78, 5) is 0. The van der Waals surface area contributed by atoms with Gasteiger partial charge in [0.05, 0.1) is 12.7 Å². The topological polar surface area (TPSA) is 41.5 Å². The van der Waals surface area contributed by atoms with Crippen LogP contribution in [-0.4, -0.2) is 24.3 Å². The van der Waals surface area contributed by atoms with Crippen LogP contribution < -0.4 is 10.1 Å². The minimum Gasteiger partial charge on any atom is -0.496 e. The molecule has 2 fully saturated rings. The molecule has 0 radical (unpaired) electrons. The monoisotopic (exact) mass is 247 g/mol. The summed E-state index contributed by atoms with van der Waals surface area (Å²) in [6.45, 7) is 2.04. The van der Waals surface area contributed by atoms with Crippen LogP contribution in [0.4, 0.5) is 0 Å². The third-order valence-corrected chi connectivity index (χ3v) is 4.36. The van der Waals surface area contributed by atoms with Gasteiger partial charge in [0, 0.05) is 17.6 Å². The number of hydrogen-bond donors (Lipinski definition) is 2. The van der Waals surface area contributed by atoms with Crippen LogP contribution in [0, 0.1) is 6.92 Å². The van der Waals surface area contributed by atoms with Crippen molar-refractivity contribution in [1.82, 2.24) is 5.32 Å². The lowest BCUT2D eigenvalue weighted by Crippen LogP contribution is -2.46. The SMILES string of the molecule is COc1cc(C)ccc1C1(O)CC2CCC(C1)N2. The summed E-state index contributed by atoms with van der Waals surface area (Å²) in [6, 6.07) is 7.01. The molecule has 1 aromatic carbocycles. The van der Waals surface area contributed by atoms with Gasteiger partial charge in [-0.2, -0.15) is 0 Å². The van der Waals surface area contributed by atoms with Crippen LogP contribution in [0.2, 0.25) is 0 Å². The van der Waals surface area contributed by atoms with Crippen molar-refractivity contribution in [1.29, 1.82) is 0 Å². The molecule has 2 saturated heterocycles. The van der Waals surface area contributed by atoms with Crippen molar-refractivity contribution in [2.75, 3.05) is 7.11 Å². The molecule has 2 bridgehead atoms. The van der Waals surface area contributed by atoms with Crippen molar-refractivity contribution in [3.8, 4) is 5.75 Å². The van der Waals surface area contributed by atoms with Crippen molar-refractivity contribution in [2.24, 2.45) is 0 Å². The first kappa shape index (κ1) is 12.0. The molecule has 1 aromatic rings. The number of rotatable bonds is 2. The van der Waals surface area contributed by atoms with Crippen LogP contribution in [-0.2, 0) is 5.60 Å². The Balaban J connectivity index is 1.98. The van der Waals surface area contributed by atoms with Gasteiger partial charge in [-0.1, -0.05) is 12.1 Å². The summed E-state index contributed by atoms with van der Waals surface area (Å²) in [6.07, 6.45) is 3.95. The summed E-state index contributed by atoms with van der Waals surface area (Å²) in [5.74, 6) is 0.818. The Morgan fingerprint density at radius 2 is 1.94 bits per heavy atom. The van der Waals surface area contributed by atoms with Crippen LogP contribution >= 0.6 is 0 Å². The van der Waals surface area contributed by atoms with Gasteiger partial charge in [-0.05, 0) is 44.2 Å². The van der Waals surface area contributed by atoms with Crippen molar-refractivity contribution in [2.45, 2.75) is 50.3 Å². The van der Waals surface area contributed by atoms with Gasteiger partial charge in [0.2, 0.25) is 0 Å². The number of aryl methyl sites for hydroxylation is 1. The fourth-order valence-electron chi connectivity index (χ4n) is 3.53. The molecule has 2 aliphatic rings. The van der Waals surface area contributed by atoms with Gasteiger partial charge >= 0.3 is 0 Å². The van der Waals surface area contributed by atoms with Gasteiger partial charge < -0.3 is 15.2 Å². The van der Waals surface area contributed by atoms with Crippen molar-refractivity contribution >= 4 is 0 Å². The molecular formula is C15H21NO2. The Morgan fingerprint density at radius 1 is 1.28 bits per heavy atom. The van der Waals surface area contributed by atoms with Gasteiger partial charge in [-0.3, -0.25) is 0 Å². The first-order valence-electron chi connectivity index (χ1n) is 6.74. The summed E-state index contributed by atoms with van der Waals surface area (Å²) >= 11 is 0. The maximum atomic E-state index is 11.0. The van der Waals surface area contributed by atoms with E-state index in [9.17, 15) is 5.11 Å². The van der Waals surface area contributed by atoms with E-state index in [1.807, 2.05) is 19.1 Å². The quantitative estimate of drug-likeness (QED) is 0.841. The minimum absolute atomic E-state index is 0.458. The molecule has 2 heterocycles. The molecule has 98 valence electrons. The number of fused-ring (bicyclic) bond motifs is 2. The lowest BCUT2D eigenvalue weighted by atomic mass is 9.81. The van der Waals surface area contributed by atoms with Crippen LogP contribution in [0.5, 0.6) is 5.75 Å². The van der Waals surface area contributed by atoms with E-state index in [1.165, 1.54) is 12.8 Å². The standard InChI is InChI=1S/C15H21NO2/c1-10-3-6-13(14(7-10)18-2)15(17)8-11-4-5-12(9-15)16-11/h3,6-7,11-12,16-17H,4-5,8-9H2,1-2H3. The number of hydrogen-bond acceptors (Lipinski definition) is 3. The van der Waals surface area contributed by atoms with E-state index in [2.05, 4.69) is 11.4 Å². The first-order chi connectivity index (χ1) is 8.60. The van der Waals surface area contributed by atoms with E-state index < -0.39 is 5.60 Å². The molecule has 0 amide bonds. The normalized spacial score (nSPS) is 34.6. The summed E-state index contributed by atoms with van der Waals surface area (Å²) in [5.41, 5.74) is 1.39. The predicted octanol–water partition coefficient (Wildman–Crippen LogP) is 2.11. The van der Waals surface area contributed by atoms with Gasteiger partial charge in [0.25, 0.3) is 0 Å². The van der Waals surface area contributed by atoms with Gasteiger partial charge in [0.1, 0.15) is 5.75 Å². The number of aliphatic hydroxyl groups is 1. The van der Waals surface area contributed by atoms with E-state index in [4.69, 9.17) is 4.74 Å². The highest BCUT2D eigenvalue weighted by Gasteiger charge is 2.44. The summed E-state index contributed by atoms with van der Waals surface area (Å²) in [5, 5.41) is 14.6. The number of ether oxygens (including phenoxy) is 1. The Kier molecular flexibility index (Phi) is 2.83. The second-order valence-electron chi connectivity index (χ2n) is 5.78. The van der Waals surface area contributed by atoms with E-state index in [0.29, 0.717) is 12.1 Å². The van der Waals surface area contributed by atoms with Crippen molar-refractivity contribution in [3.63, 3.8) is 0 Å². The number of piperidine rings is 1. The smallest absolute Gasteiger partial charge is 0.125 e. The van der Waals surface area contributed by atoms with E-state index in [1.54, 1.807) is 7.11 Å². The van der Waals surface area contributed by atoms with E-state index in [0.717, 1.165) is 29.7 Å².